The maximum Gasteiger partial charge on any atom is 0.221 e. The average Bonchev–Trinajstić information content (AvgIpc) is 2.01. The lowest BCUT2D eigenvalue weighted by molar-refractivity contribution is -0.114. The van der Waals surface area contributed by atoms with E-state index in [4.69, 9.17) is 0 Å². The van der Waals surface area contributed by atoms with Crippen molar-refractivity contribution in [3.05, 3.63) is 29.8 Å². The molecule has 1 atom stereocenters. The van der Waals surface area contributed by atoms with Crippen molar-refractivity contribution in [2.24, 2.45) is 0 Å². The number of carbonyl (C=O) groups is 1. The highest BCUT2D eigenvalue weighted by atomic mass is 16.3. The fourth-order valence-corrected chi connectivity index (χ4v) is 1.32. The van der Waals surface area contributed by atoms with Gasteiger partial charge in [0.1, 0.15) is 0 Å². The fourth-order valence-electron chi connectivity index (χ4n) is 1.32. The number of benzene rings is 1. The molecule has 1 aromatic rings. The van der Waals surface area contributed by atoms with Crippen molar-refractivity contribution in [3.63, 3.8) is 0 Å². The first kappa shape index (κ1) is 10.7. The summed E-state index contributed by atoms with van der Waals surface area (Å²) in [4.78, 5) is 10.8. The summed E-state index contributed by atoms with van der Waals surface area (Å²) >= 11 is 0. The summed E-state index contributed by atoms with van der Waals surface area (Å²) in [5, 5.41) is 11.9. The molecule has 1 rings (SSSR count). The van der Waals surface area contributed by atoms with Crippen molar-refractivity contribution in [1.29, 1.82) is 0 Å². The number of carbonyl (C=O) groups excluding carboxylic acids is 1. The van der Waals surface area contributed by atoms with Gasteiger partial charge in [-0.3, -0.25) is 4.79 Å². The zero-order chi connectivity index (χ0) is 10.6. The molecule has 0 radical (unpaired) electrons. The van der Waals surface area contributed by atoms with E-state index in [0.29, 0.717) is 6.42 Å². The number of nitrogens with one attached hydrogen (secondary N) is 1. The Kier molecular flexibility index (Phi) is 3.65. The van der Waals surface area contributed by atoms with Crippen molar-refractivity contribution in [1.82, 2.24) is 0 Å². The van der Waals surface area contributed by atoms with Gasteiger partial charge in [0.05, 0.1) is 6.10 Å². The molecule has 0 saturated carbocycles. The van der Waals surface area contributed by atoms with Crippen LogP contribution in [0, 0.1) is 0 Å². The predicted octanol–water partition coefficient (Wildman–Crippen LogP) is 1.57. The second-order valence-corrected chi connectivity index (χ2v) is 3.43. The highest BCUT2D eigenvalue weighted by molar-refractivity contribution is 5.88. The van der Waals surface area contributed by atoms with Gasteiger partial charge < -0.3 is 10.4 Å². The van der Waals surface area contributed by atoms with Gasteiger partial charge >= 0.3 is 0 Å². The van der Waals surface area contributed by atoms with Crippen LogP contribution in [0.4, 0.5) is 5.69 Å². The van der Waals surface area contributed by atoms with E-state index >= 15 is 0 Å². The van der Waals surface area contributed by atoms with Gasteiger partial charge in [0.2, 0.25) is 5.91 Å². The zero-order valence-corrected chi connectivity index (χ0v) is 8.45. The van der Waals surface area contributed by atoms with Crippen LogP contribution >= 0.6 is 0 Å². The molecule has 14 heavy (non-hydrogen) atoms. The number of rotatable bonds is 3. The van der Waals surface area contributed by atoms with Gasteiger partial charge in [-0.25, -0.2) is 0 Å². The molecule has 0 aliphatic heterocycles. The third kappa shape index (κ3) is 3.58. The molecule has 0 heterocycles. The second kappa shape index (κ2) is 4.77. The first-order chi connectivity index (χ1) is 6.58. The van der Waals surface area contributed by atoms with Crippen molar-refractivity contribution < 1.29 is 9.90 Å². The molecule has 0 aliphatic rings. The number of hydrogen-bond acceptors (Lipinski definition) is 2. The first-order valence-electron chi connectivity index (χ1n) is 4.62. The van der Waals surface area contributed by atoms with Crippen LogP contribution in [-0.2, 0) is 11.2 Å². The van der Waals surface area contributed by atoms with Crippen LogP contribution in [0.25, 0.3) is 0 Å². The Morgan fingerprint density at radius 1 is 1.57 bits per heavy atom. The molecule has 1 unspecified atom stereocenters. The van der Waals surface area contributed by atoms with E-state index in [1.807, 2.05) is 24.3 Å². The molecule has 1 aromatic carbocycles. The minimum Gasteiger partial charge on any atom is -0.393 e. The van der Waals surface area contributed by atoms with E-state index in [9.17, 15) is 9.90 Å². The molecule has 3 nitrogen and oxygen atoms in total. The molecule has 2 N–H and O–H groups in total. The molecule has 1 amide bonds. The summed E-state index contributed by atoms with van der Waals surface area (Å²) in [5.74, 6) is -0.0841. The fraction of sp³-hybridized carbons (Fsp3) is 0.364. The number of hydrogen-bond donors (Lipinski definition) is 2. The third-order valence-corrected chi connectivity index (χ3v) is 1.78. The van der Waals surface area contributed by atoms with Crippen molar-refractivity contribution in [2.45, 2.75) is 26.4 Å². The minimum absolute atomic E-state index is 0.0841. The van der Waals surface area contributed by atoms with Gasteiger partial charge in [0.25, 0.3) is 0 Å². The number of aliphatic hydroxyl groups is 1. The van der Waals surface area contributed by atoms with Crippen LogP contribution in [0.5, 0.6) is 0 Å². The van der Waals surface area contributed by atoms with E-state index in [1.165, 1.54) is 6.92 Å². The van der Waals surface area contributed by atoms with E-state index in [1.54, 1.807) is 6.92 Å². The Morgan fingerprint density at radius 2 is 2.29 bits per heavy atom. The first-order valence-corrected chi connectivity index (χ1v) is 4.62. The SMILES string of the molecule is CC(=O)Nc1cccc(CC(C)O)c1. The Morgan fingerprint density at radius 3 is 2.86 bits per heavy atom. The normalized spacial score (nSPS) is 12.2. The van der Waals surface area contributed by atoms with Crippen LogP contribution in [0.15, 0.2) is 24.3 Å². The Bertz CT molecular complexity index is 321. The van der Waals surface area contributed by atoms with Gasteiger partial charge in [-0.2, -0.15) is 0 Å². The molecule has 0 spiro atoms. The molecule has 0 fully saturated rings. The van der Waals surface area contributed by atoms with Gasteiger partial charge in [-0.05, 0) is 31.0 Å². The van der Waals surface area contributed by atoms with Crippen molar-refractivity contribution >= 4 is 11.6 Å². The van der Waals surface area contributed by atoms with Gasteiger partial charge in [-0.15, -0.1) is 0 Å². The number of amides is 1. The largest absolute Gasteiger partial charge is 0.393 e. The zero-order valence-electron chi connectivity index (χ0n) is 8.45. The average molecular weight is 193 g/mol. The second-order valence-electron chi connectivity index (χ2n) is 3.43. The highest BCUT2D eigenvalue weighted by Gasteiger charge is 2.00. The monoisotopic (exact) mass is 193 g/mol. The molecule has 0 aromatic heterocycles. The standard InChI is InChI=1S/C11H15NO2/c1-8(13)6-10-4-3-5-11(7-10)12-9(2)14/h3-5,7-8,13H,6H2,1-2H3,(H,12,14). The van der Waals surface area contributed by atoms with Gasteiger partial charge in [0.15, 0.2) is 0 Å². The van der Waals surface area contributed by atoms with E-state index < -0.39 is 0 Å². The van der Waals surface area contributed by atoms with E-state index in [2.05, 4.69) is 5.32 Å². The molecule has 0 bridgehead atoms. The minimum atomic E-state index is -0.359. The molecular weight excluding hydrogens is 178 g/mol. The molecule has 0 aliphatic carbocycles. The maximum absolute atomic E-state index is 10.8. The van der Waals surface area contributed by atoms with Crippen molar-refractivity contribution in [3.8, 4) is 0 Å². The molecule has 0 saturated heterocycles. The van der Waals surface area contributed by atoms with E-state index in [0.717, 1.165) is 11.3 Å². The summed E-state index contributed by atoms with van der Waals surface area (Å²) in [5.41, 5.74) is 1.79. The highest BCUT2D eigenvalue weighted by Crippen LogP contribution is 2.12. The Labute approximate surface area is 83.8 Å². The van der Waals surface area contributed by atoms with Crippen LogP contribution in [-0.4, -0.2) is 17.1 Å². The summed E-state index contributed by atoms with van der Waals surface area (Å²) in [6, 6.07) is 7.49. The lowest BCUT2D eigenvalue weighted by Crippen LogP contribution is -2.07. The lowest BCUT2D eigenvalue weighted by atomic mass is 10.1. The number of aliphatic hydroxyl groups excluding tert-OH is 1. The van der Waals surface area contributed by atoms with Gasteiger partial charge in [0, 0.05) is 12.6 Å². The predicted molar refractivity (Wildman–Crippen MR) is 56.1 cm³/mol. The number of anilines is 1. The van der Waals surface area contributed by atoms with Crippen LogP contribution in [0.2, 0.25) is 0 Å². The smallest absolute Gasteiger partial charge is 0.221 e. The van der Waals surface area contributed by atoms with Crippen molar-refractivity contribution in [2.75, 3.05) is 5.32 Å². The van der Waals surface area contributed by atoms with Crippen LogP contribution in [0.3, 0.4) is 0 Å². The van der Waals surface area contributed by atoms with Crippen LogP contribution in [0.1, 0.15) is 19.4 Å². The van der Waals surface area contributed by atoms with E-state index in [-0.39, 0.29) is 12.0 Å². The van der Waals surface area contributed by atoms with Crippen LogP contribution < -0.4 is 5.32 Å². The van der Waals surface area contributed by atoms with Gasteiger partial charge in [-0.1, -0.05) is 12.1 Å². The summed E-state index contributed by atoms with van der Waals surface area (Å²) in [6.45, 7) is 3.21. The summed E-state index contributed by atoms with van der Waals surface area (Å²) in [6.07, 6.45) is 0.246. The lowest BCUT2D eigenvalue weighted by Gasteiger charge is -2.07. The topological polar surface area (TPSA) is 49.3 Å². The third-order valence-electron chi connectivity index (χ3n) is 1.78. The summed E-state index contributed by atoms with van der Waals surface area (Å²) < 4.78 is 0. The Balaban J connectivity index is 2.73. The molecular formula is C11H15NO2. The summed E-state index contributed by atoms with van der Waals surface area (Å²) in [7, 11) is 0. The quantitative estimate of drug-likeness (QED) is 0.765. The maximum atomic E-state index is 10.8. The molecule has 3 heteroatoms. The molecule has 76 valence electrons. The Hall–Kier alpha value is -1.35.